The first-order chi connectivity index (χ1) is 13.1. The third-order valence-electron chi connectivity index (χ3n) is 4.26. The van der Waals surface area contributed by atoms with Crippen molar-refractivity contribution in [1.82, 2.24) is 15.0 Å². The molecule has 2 aromatic carbocycles. The summed E-state index contributed by atoms with van der Waals surface area (Å²) in [6.07, 6.45) is 0.00368. The monoisotopic (exact) mass is 365 g/mol. The van der Waals surface area contributed by atoms with Crippen molar-refractivity contribution in [2.24, 2.45) is 0 Å². The lowest BCUT2D eigenvalue weighted by Gasteiger charge is -2.23. The van der Waals surface area contributed by atoms with Crippen molar-refractivity contribution in [3.63, 3.8) is 0 Å². The van der Waals surface area contributed by atoms with Gasteiger partial charge in [-0.15, -0.1) is 0 Å². The minimum absolute atomic E-state index is 0.125. The van der Waals surface area contributed by atoms with Crippen LogP contribution >= 0.6 is 0 Å². The third-order valence-corrected chi connectivity index (χ3v) is 4.26. The smallest absolute Gasteiger partial charge is 0.263 e. The Bertz CT molecular complexity index is 892. The van der Waals surface area contributed by atoms with Crippen LogP contribution in [0.2, 0.25) is 0 Å². The minimum atomic E-state index is -0.562. The second-order valence-corrected chi connectivity index (χ2v) is 6.35. The zero-order valence-electron chi connectivity index (χ0n) is 15.8. The van der Waals surface area contributed by atoms with Gasteiger partial charge in [-0.25, -0.2) is 0 Å². The highest BCUT2D eigenvalue weighted by Gasteiger charge is 2.24. The van der Waals surface area contributed by atoms with Gasteiger partial charge < -0.3 is 14.2 Å². The number of ether oxygens (including phenoxy) is 1. The molecular formula is C21H23N3O3. The number of benzene rings is 2. The Morgan fingerprint density at radius 2 is 1.85 bits per heavy atom. The lowest BCUT2D eigenvalue weighted by atomic mass is 10.2. The summed E-state index contributed by atoms with van der Waals surface area (Å²) in [5, 5.41) is 3.99. The van der Waals surface area contributed by atoms with Crippen molar-refractivity contribution < 1.29 is 14.1 Å². The van der Waals surface area contributed by atoms with Crippen LogP contribution in [0.1, 0.15) is 24.8 Å². The van der Waals surface area contributed by atoms with Crippen LogP contribution in [-0.4, -0.2) is 34.1 Å². The number of aryl methyl sites for hydroxylation is 1. The first-order valence-corrected chi connectivity index (χ1v) is 8.93. The van der Waals surface area contributed by atoms with Gasteiger partial charge in [0.2, 0.25) is 11.7 Å². The van der Waals surface area contributed by atoms with Crippen molar-refractivity contribution in [3.8, 4) is 17.1 Å². The summed E-state index contributed by atoms with van der Waals surface area (Å²) in [5.74, 6) is 1.49. The number of carbonyl (C=O) groups excluding carboxylic acids is 1. The van der Waals surface area contributed by atoms with Crippen LogP contribution in [0.4, 0.5) is 0 Å². The molecule has 3 aromatic rings. The maximum absolute atomic E-state index is 12.8. The lowest BCUT2D eigenvalue weighted by Crippen LogP contribution is -2.39. The molecule has 0 fully saturated rings. The van der Waals surface area contributed by atoms with Gasteiger partial charge in [-0.2, -0.15) is 4.98 Å². The van der Waals surface area contributed by atoms with Crippen LogP contribution in [0.5, 0.6) is 5.75 Å². The zero-order valence-corrected chi connectivity index (χ0v) is 15.8. The van der Waals surface area contributed by atoms with Crippen LogP contribution in [0.25, 0.3) is 11.4 Å². The van der Waals surface area contributed by atoms with E-state index in [-0.39, 0.29) is 12.5 Å². The quantitative estimate of drug-likeness (QED) is 0.636. The predicted octanol–water partition coefficient (Wildman–Crippen LogP) is 3.86. The standard InChI is InChI=1S/C21H23N3O3/c1-4-17(26-18-13-9-8-10-15(18)2)21(25)24(3)14-19-22-20(23-27-19)16-11-6-5-7-12-16/h5-13,17H,4,14H2,1-3H3/t17-/m1/s1. The second kappa shape index (κ2) is 8.49. The first-order valence-electron chi connectivity index (χ1n) is 8.93. The molecule has 6 nitrogen and oxygen atoms in total. The molecule has 0 saturated carbocycles. The first kappa shape index (κ1) is 18.6. The SMILES string of the molecule is CC[C@@H](Oc1ccccc1C)C(=O)N(C)Cc1nc(-c2ccccc2)no1. The van der Waals surface area contributed by atoms with Gasteiger partial charge in [0.05, 0.1) is 6.54 Å². The summed E-state index contributed by atoms with van der Waals surface area (Å²) in [4.78, 5) is 18.7. The molecule has 0 aliphatic rings. The van der Waals surface area contributed by atoms with Gasteiger partial charge in [0.1, 0.15) is 5.75 Å². The number of aromatic nitrogens is 2. The van der Waals surface area contributed by atoms with Gasteiger partial charge in [-0.1, -0.05) is 60.6 Å². The third kappa shape index (κ3) is 4.53. The van der Waals surface area contributed by atoms with E-state index < -0.39 is 6.10 Å². The number of hydrogen-bond acceptors (Lipinski definition) is 5. The van der Waals surface area contributed by atoms with E-state index in [0.29, 0.717) is 18.1 Å². The zero-order chi connectivity index (χ0) is 19.2. The molecule has 0 bridgehead atoms. The van der Waals surface area contributed by atoms with Gasteiger partial charge in [-0.3, -0.25) is 4.79 Å². The summed E-state index contributed by atoms with van der Waals surface area (Å²) in [5.41, 5.74) is 1.87. The van der Waals surface area contributed by atoms with Crippen molar-refractivity contribution in [1.29, 1.82) is 0 Å². The highest BCUT2D eigenvalue weighted by molar-refractivity contribution is 5.81. The molecule has 140 valence electrons. The Morgan fingerprint density at radius 1 is 1.15 bits per heavy atom. The molecule has 1 amide bonds. The van der Waals surface area contributed by atoms with Crippen molar-refractivity contribution in [2.45, 2.75) is 32.9 Å². The van der Waals surface area contributed by atoms with Crippen LogP contribution < -0.4 is 4.74 Å². The van der Waals surface area contributed by atoms with Gasteiger partial charge in [-0.05, 0) is 25.0 Å². The van der Waals surface area contributed by atoms with Crippen molar-refractivity contribution in [3.05, 3.63) is 66.1 Å². The van der Waals surface area contributed by atoms with Crippen LogP contribution in [0.15, 0.2) is 59.1 Å². The number of hydrogen-bond donors (Lipinski definition) is 0. The fourth-order valence-electron chi connectivity index (χ4n) is 2.70. The molecule has 0 saturated heterocycles. The second-order valence-electron chi connectivity index (χ2n) is 6.35. The Morgan fingerprint density at radius 3 is 2.56 bits per heavy atom. The van der Waals surface area contributed by atoms with E-state index in [2.05, 4.69) is 10.1 Å². The van der Waals surface area contributed by atoms with Crippen molar-refractivity contribution >= 4 is 5.91 Å². The summed E-state index contributed by atoms with van der Waals surface area (Å²) in [6.45, 7) is 4.11. The topological polar surface area (TPSA) is 68.5 Å². The molecule has 27 heavy (non-hydrogen) atoms. The van der Waals surface area contributed by atoms with E-state index in [4.69, 9.17) is 9.26 Å². The molecule has 0 N–H and O–H groups in total. The molecule has 6 heteroatoms. The minimum Gasteiger partial charge on any atom is -0.480 e. The molecule has 1 aromatic heterocycles. The number of rotatable bonds is 7. The van der Waals surface area contributed by atoms with Gasteiger partial charge >= 0.3 is 0 Å². The van der Waals surface area contributed by atoms with Gasteiger partial charge in [0, 0.05) is 12.6 Å². The Kier molecular flexibility index (Phi) is 5.86. The van der Waals surface area contributed by atoms with E-state index in [1.54, 1.807) is 11.9 Å². The summed E-state index contributed by atoms with van der Waals surface area (Å²) in [6, 6.07) is 17.2. The molecule has 1 heterocycles. The molecule has 0 unspecified atom stereocenters. The van der Waals surface area contributed by atoms with Crippen LogP contribution in [-0.2, 0) is 11.3 Å². The van der Waals surface area contributed by atoms with E-state index >= 15 is 0 Å². The molecule has 3 rings (SSSR count). The average Bonchev–Trinajstić information content (AvgIpc) is 3.16. The number of carbonyl (C=O) groups is 1. The predicted molar refractivity (Wildman–Crippen MR) is 102 cm³/mol. The lowest BCUT2D eigenvalue weighted by molar-refractivity contribution is -0.138. The number of para-hydroxylation sites is 1. The number of likely N-dealkylation sites (N-methyl/N-ethyl adjacent to an activating group) is 1. The molecule has 0 radical (unpaired) electrons. The van der Waals surface area contributed by atoms with E-state index in [9.17, 15) is 4.79 Å². The maximum Gasteiger partial charge on any atom is 0.263 e. The number of amides is 1. The fourth-order valence-corrected chi connectivity index (χ4v) is 2.70. The average molecular weight is 365 g/mol. The molecule has 0 aliphatic carbocycles. The molecular weight excluding hydrogens is 342 g/mol. The Hall–Kier alpha value is -3.15. The van der Waals surface area contributed by atoms with Crippen LogP contribution in [0, 0.1) is 6.92 Å². The summed E-state index contributed by atoms with van der Waals surface area (Å²) < 4.78 is 11.2. The highest BCUT2D eigenvalue weighted by atomic mass is 16.5. The van der Waals surface area contributed by atoms with E-state index in [1.165, 1.54) is 0 Å². The summed E-state index contributed by atoms with van der Waals surface area (Å²) >= 11 is 0. The molecule has 1 atom stereocenters. The van der Waals surface area contributed by atoms with Gasteiger partial charge in [0.25, 0.3) is 5.91 Å². The Labute approximate surface area is 158 Å². The van der Waals surface area contributed by atoms with Crippen molar-refractivity contribution in [2.75, 3.05) is 7.05 Å². The van der Waals surface area contributed by atoms with E-state index in [1.807, 2.05) is 68.4 Å². The number of nitrogens with zero attached hydrogens (tertiary/aromatic N) is 3. The molecule has 0 aliphatic heterocycles. The fraction of sp³-hybridized carbons (Fsp3) is 0.286. The molecule has 0 spiro atoms. The largest absolute Gasteiger partial charge is 0.480 e. The maximum atomic E-state index is 12.8. The Balaban J connectivity index is 1.66. The highest BCUT2D eigenvalue weighted by Crippen LogP contribution is 2.20. The van der Waals surface area contributed by atoms with Gasteiger partial charge in [0.15, 0.2) is 6.10 Å². The summed E-state index contributed by atoms with van der Waals surface area (Å²) in [7, 11) is 1.71. The van der Waals surface area contributed by atoms with E-state index in [0.717, 1.165) is 16.9 Å². The van der Waals surface area contributed by atoms with Crippen LogP contribution in [0.3, 0.4) is 0 Å². The normalized spacial score (nSPS) is 11.8.